The molecule has 2 fully saturated rings. The predicted octanol–water partition coefficient (Wildman–Crippen LogP) is 2.67. The normalized spacial score (nSPS) is 25.6. The van der Waals surface area contributed by atoms with Crippen molar-refractivity contribution in [2.45, 2.75) is 43.7 Å². The third-order valence-corrected chi connectivity index (χ3v) is 4.78. The fourth-order valence-electron chi connectivity index (χ4n) is 3.49. The molecule has 0 radical (unpaired) electrons. The smallest absolute Gasteiger partial charge is 0.0698 e. The Kier molecular flexibility index (Phi) is 4.39. The highest BCUT2D eigenvalue weighted by Gasteiger charge is 2.31. The van der Waals surface area contributed by atoms with E-state index in [-0.39, 0.29) is 0 Å². The van der Waals surface area contributed by atoms with Gasteiger partial charge in [-0.1, -0.05) is 24.3 Å². The van der Waals surface area contributed by atoms with Crippen LogP contribution in [0.1, 0.15) is 48.8 Å². The van der Waals surface area contributed by atoms with Gasteiger partial charge in [0.1, 0.15) is 0 Å². The molecule has 1 saturated carbocycles. The van der Waals surface area contributed by atoms with E-state index in [9.17, 15) is 0 Å². The Morgan fingerprint density at radius 1 is 1.30 bits per heavy atom. The summed E-state index contributed by atoms with van der Waals surface area (Å²) in [5, 5.41) is 0. The Hall–Kier alpha value is -0.900. The lowest BCUT2D eigenvalue weighted by atomic mass is 9.94. The van der Waals surface area contributed by atoms with Gasteiger partial charge < -0.3 is 10.5 Å². The second kappa shape index (κ2) is 6.25. The number of ether oxygens (including phenoxy) is 1. The lowest BCUT2D eigenvalue weighted by Gasteiger charge is -2.38. The first-order chi connectivity index (χ1) is 9.83. The molecule has 1 aliphatic heterocycles. The van der Waals surface area contributed by atoms with Gasteiger partial charge in [0.15, 0.2) is 0 Å². The standard InChI is InChI=1S/C17H26N2O/c1-20-14-5-4-10-19(12-14)17(11-18)16-7-3-2-6-15(16)13-8-9-13/h2-3,6-7,13-14,17H,4-5,8-12,18H2,1H3. The van der Waals surface area contributed by atoms with Gasteiger partial charge in [0.25, 0.3) is 0 Å². The van der Waals surface area contributed by atoms with Crippen molar-refractivity contribution in [1.82, 2.24) is 4.90 Å². The molecule has 0 bridgehead atoms. The van der Waals surface area contributed by atoms with Gasteiger partial charge in [0.05, 0.1) is 6.10 Å². The highest BCUT2D eigenvalue weighted by Crippen LogP contribution is 2.43. The summed E-state index contributed by atoms with van der Waals surface area (Å²) in [6, 6.07) is 9.25. The monoisotopic (exact) mass is 274 g/mol. The molecule has 110 valence electrons. The minimum absolute atomic E-state index is 0.352. The van der Waals surface area contributed by atoms with Gasteiger partial charge in [0, 0.05) is 26.2 Å². The summed E-state index contributed by atoms with van der Waals surface area (Å²) in [6.45, 7) is 2.85. The Labute approximate surface area is 122 Å². The molecule has 1 aromatic rings. The fraction of sp³-hybridized carbons (Fsp3) is 0.647. The molecule has 3 nitrogen and oxygen atoms in total. The van der Waals surface area contributed by atoms with Crippen molar-refractivity contribution in [3.63, 3.8) is 0 Å². The largest absolute Gasteiger partial charge is 0.380 e. The van der Waals surface area contributed by atoms with Crippen LogP contribution in [0, 0.1) is 0 Å². The predicted molar refractivity (Wildman–Crippen MR) is 81.8 cm³/mol. The lowest BCUT2D eigenvalue weighted by Crippen LogP contribution is -2.44. The Morgan fingerprint density at radius 3 is 2.80 bits per heavy atom. The number of hydrogen-bond donors (Lipinski definition) is 1. The molecule has 1 heterocycles. The number of benzene rings is 1. The summed E-state index contributed by atoms with van der Waals surface area (Å²) in [7, 11) is 1.82. The summed E-state index contributed by atoms with van der Waals surface area (Å²) < 4.78 is 5.56. The van der Waals surface area contributed by atoms with Gasteiger partial charge in [0.2, 0.25) is 0 Å². The van der Waals surface area contributed by atoms with Crippen molar-refractivity contribution in [3.8, 4) is 0 Å². The molecule has 1 aromatic carbocycles. The van der Waals surface area contributed by atoms with Crippen molar-refractivity contribution in [3.05, 3.63) is 35.4 Å². The zero-order valence-corrected chi connectivity index (χ0v) is 12.4. The van der Waals surface area contributed by atoms with E-state index in [0.717, 1.165) is 19.0 Å². The summed E-state index contributed by atoms with van der Waals surface area (Å²) in [4.78, 5) is 2.53. The van der Waals surface area contributed by atoms with E-state index in [4.69, 9.17) is 10.5 Å². The van der Waals surface area contributed by atoms with Crippen molar-refractivity contribution < 1.29 is 4.74 Å². The number of nitrogens with two attached hydrogens (primary N) is 1. The Morgan fingerprint density at radius 2 is 2.10 bits per heavy atom. The molecule has 2 atom stereocenters. The quantitative estimate of drug-likeness (QED) is 0.897. The van der Waals surface area contributed by atoms with Crippen LogP contribution < -0.4 is 5.73 Å². The number of hydrogen-bond acceptors (Lipinski definition) is 3. The SMILES string of the molecule is COC1CCCN(C(CN)c2ccccc2C2CC2)C1. The van der Waals surface area contributed by atoms with E-state index >= 15 is 0 Å². The molecular weight excluding hydrogens is 248 g/mol. The topological polar surface area (TPSA) is 38.5 Å². The number of nitrogens with zero attached hydrogens (tertiary/aromatic N) is 1. The second-order valence-electron chi connectivity index (χ2n) is 6.15. The Bertz CT molecular complexity index is 444. The minimum Gasteiger partial charge on any atom is -0.380 e. The molecular formula is C17H26N2O. The van der Waals surface area contributed by atoms with E-state index in [1.807, 2.05) is 7.11 Å². The van der Waals surface area contributed by atoms with Crippen molar-refractivity contribution >= 4 is 0 Å². The third kappa shape index (κ3) is 2.90. The first-order valence-corrected chi connectivity index (χ1v) is 7.89. The zero-order valence-electron chi connectivity index (χ0n) is 12.4. The summed E-state index contributed by atoms with van der Waals surface area (Å²) in [5.74, 6) is 0.781. The van der Waals surface area contributed by atoms with Gasteiger partial charge in [-0.3, -0.25) is 4.90 Å². The zero-order chi connectivity index (χ0) is 13.9. The van der Waals surface area contributed by atoms with Crippen LogP contribution in [-0.4, -0.2) is 37.7 Å². The number of methoxy groups -OCH3 is 1. The van der Waals surface area contributed by atoms with Crippen molar-refractivity contribution in [2.24, 2.45) is 5.73 Å². The average molecular weight is 274 g/mol. The maximum Gasteiger partial charge on any atom is 0.0698 e. The van der Waals surface area contributed by atoms with E-state index in [0.29, 0.717) is 18.7 Å². The number of piperidine rings is 1. The minimum atomic E-state index is 0.352. The van der Waals surface area contributed by atoms with Crippen LogP contribution in [0.25, 0.3) is 0 Å². The van der Waals surface area contributed by atoms with Crippen LogP contribution in [-0.2, 0) is 4.74 Å². The molecule has 0 amide bonds. The summed E-state index contributed by atoms with van der Waals surface area (Å²) in [5.41, 5.74) is 9.11. The average Bonchev–Trinajstić information content (AvgIpc) is 3.33. The first-order valence-electron chi connectivity index (χ1n) is 7.89. The molecule has 0 aromatic heterocycles. The number of rotatable bonds is 5. The third-order valence-electron chi connectivity index (χ3n) is 4.78. The summed E-state index contributed by atoms with van der Waals surface area (Å²) >= 11 is 0. The van der Waals surface area contributed by atoms with Gasteiger partial charge in [-0.2, -0.15) is 0 Å². The molecule has 1 saturated heterocycles. The van der Waals surface area contributed by atoms with Gasteiger partial charge in [-0.25, -0.2) is 0 Å². The Balaban J connectivity index is 1.82. The highest BCUT2D eigenvalue weighted by molar-refractivity contribution is 5.36. The van der Waals surface area contributed by atoms with Crippen LogP contribution in [0.15, 0.2) is 24.3 Å². The summed E-state index contributed by atoms with van der Waals surface area (Å²) in [6.07, 6.45) is 5.44. The maximum atomic E-state index is 6.13. The van der Waals surface area contributed by atoms with Crippen LogP contribution in [0.3, 0.4) is 0 Å². The van der Waals surface area contributed by atoms with Crippen molar-refractivity contribution in [2.75, 3.05) is 26.7 Å². The highest BCUT2D eigenvalue weighted by atomic mass is 16.5. The van der Waals surface area contributed by atoms with Gasteiger partial charge >= 0.3 is 0 Å². The van der Waals surface area contributed by atoms with Crippen LogP contribution in [0.5, 0.6) is 0 Å². The maximum absolute atomic E-state index is 6.13. The molecule has 2 aliphatic rings. The molecule has 2 N–H and O–H groups in total. The molecule has 3 rings (SSSR count). The van der Waals surface area contributed by atoms with Crippen LogP contribution in [0.2, 0.25) is 0 Å². The van der Waals surface area contributed by atoms with Gasteiger partial charge in [-0.15, -0.1) is 0 Å². The molecule has 0 spiro atoms. The fourth-order valence-corrected chi connectivity index (χ4v) is 3.49. The molecule has 1 aliphatic carbocycles. The van der Waals surface area contributed by atoms with E-state index in [1.54, 1.807) is 0 Å². The molecule has 3 heteroatoms. The first kappa shape index (κ1) is 14.1. The lowest BCUT2D eigenvalue weighted by molar-refractivity contribution is 0.0153. The van der Waals surface area contributed by atoms with Crippen LogP contribution >= 0.6 is 0 Å². The number of likely N-dealkylation sites (tertiary alicyclic amines) is 1. The second-order valence-corrected chi connectivity index (χ2v) is 6.15. The van der Waals surface area contributed by atoms with E-state index < -0.39 is 0 Å². The van der Waals surface area contributed by atoms with Crippen LogP contribution in [0.4, 0.5) is 0 Å². The molecule has 2 unspecified atom stereocenters. The van der Waals surface area contributed by atoms with Gasteiger partial charge in [-0.05, 0) is 49.3 Å². The van der Waals surface area contributed by atoms with E-state index in [2.05, 4.69) is 29.2 Å². The van der Waals surface area contributed by atoms with Crippen molar-refractivity contribution in [1.29, 1.82) is 0 Å². The van der Waals surface area contributed by atoms with E-state index in [1.165, 1.54) is 36.8 Å². The molecule has 20 heavy (non-hydrogen) atoms.